The Morgan fingerprint density at radius 1 is 1.33 bits per heavy atom. The Morgan fingerprint density at radius 2 is 2.07 bits per heavy atom. The molecule has 0 fully saturated rings. The summed E-state index contributed by atoms with van der Waals surface area (Å²) in [6.07, 6.45) is 6.46. The first-order valence-corrected chi connectivity index (χ1v) is 10.5. The van der Waals surface area contributed by atoms with E-state index in [4.69, 9.17) is 9.84 Å². The van der Waals surface area contributed by atoms with Crippen molar-refractivity contribution in [3.05, 3.63) is 47.8 Å². The molecule has 162 valence electrons. The predicted molar refractivity (Wildman–Crippen MR) is 122 cm³/mol. The zero-order valence-electron chi connectivity index (χ0n) is 18.7. The average molecular weight is 412 g/mol. The predicted octanol–water partition coefficient (Wildman–Crippen LogP) is 5.72. The van der Waals surface area contributed by atoms with Crippen LogP contribution in [0.25, 0.3) is 10.9 Å². The zero-order chi connectivity index (χ0) is 22.3. The molecule has 2 aromatic rings. The Morgan fingerprint density at radius 3 is 2.70 bits per heavy atom. The highest BCUT2D eigenvalue weighted by atomic mass is 16.5. The van der Waals surface area contributed by atoms with Crippen LogP contribution in [-0.2, 0) is 9.53 Å². The highest BCUT2D eigenvalue weighted by Crippen LogP contribution is 2.28. The maximum atomic E-state index is 11.1. The number of rotatable bonds is 10. The third kappa shape index (κ3) is 6.31. The zero-order valence-corrected chi connectivity index (χ0v) is 18.7. The number of esters is 1. The van der Waals surface area contributed by atoms with Gasteiger partial charge < -0.3 is 9.84 Å². The summed E-state index contributed by atoms with van der Waals surface area (Å²) in [6, 6.07) is 5.51. The monoisotopic (exact) mass is 411 g/mol. The van der Waals surface area contributed by atoms with Gasteiger partial charge in [-0.3, -0.25) is 9.48 Å². The molecule has 30 heavy (non-hydrogen) atoms. The third-order valence-electron chi connectivity index (χ3n) is 4.72. The van der Waals surface area contributed by atoms with Crippen molar-refractivity contribution in [2.75, 3.05) is 6.61 Å². The van der Waals surface area contributed by atoms with Crippen LogP contribution in [-0.4, -0.2) is 33.2 Å². The largest absolute Gasteiger partial charge is 0.508 e. The third-order valence-corrected chi connectivity index (χ3v) is 4.72. The van der Waals surface area contributed by atoms with Crippen LogP contribution in [0.4, 0.5) is 0 Å². The van der Waals surface area contributed by atoms with E-state index in [1.54, 1.807) is 12.1 Å². The number of unbranched alkanes of at least 4 members (excludes halogenated alkanes) is 2. The van der Waals surface area contributed by atoms with Gasteiger partial charge in [0.1, 0.15) is 18.1 Å². The fourth-order valence-electron chi connectivity index (χ4n) is 3.28. The highest BCUT2D eigenvalue weighted by molar-refractivity contribution is 6.15. The molecule has 0 spiro atoms. The van der Waals surface area contributed by atoms with E-state index in [9.17, 15) is 9.90 Å². The number of hydrogen-bond acceptors (Lipinski definition) is 5. The summed E-state index contributed by atoms with van der Waals surface area (Å²) in [6.45, 7) is 13.6. The summed E-state index contributed by atoms with van der Waals surface area (Å²) >= 11 is 0. The molecule has 0 saturated heterocycles. The van der Waals surface area contributed by atoms with Gasteiger partial charge in [-0.2, -0.15) is 5.10 Å². The van der Waals surface area contributed by atoms with Gasteiger partial charge in [0, 0.05) is 18.4 Å². The number of nitrogens with zero attached hydrogens (tertiary/aromatic N) is 3. The Balaban J connectivity index is 2.54. The number of phenolic OH excluding ortho intramolecular Hbond substituents is 1. The lowest BCUT2D eigenvalue weighted by molar-refractivity contribution is -0.139. The maximum Gasteiger partial charge on any atom is 0.303 e. The Kier molecular flexibility index (Phi) is 8.39. The van der Waals surface area contributed by atoms with Crippen molar-refractivity contribution in [2.45, 2.75) is 66.3 Å². The molecule has 1 heterocycles. The van der Waals surface area contributed by atoms with E-state index in [0.717, 1.165) is 29.3 Å². The number of aromatic hydroxyl groups is 1. The fourth-order valence-corrected chi connectivity index (χ4v) is 3.28. The minimum atomic E-state index is -0.379. The number of carbonyl (C=O) groups is 1. The van der Waals surface area contributed by atoms with Gasteiger partial charge in [-0.25, -0.2) is 4.99 Å². The van der Waals surface area contributed by atoms with Crippen LogP contribution in [0.2, 0.25) is 0 Å². The molecule has 1 N–H and O–H groups in total. The number of hydrogen-bond donors (Lipinski definition) is 1. The number of aliphatic imine (C=N–C) groups is 1. The van der Waals surface area contributed by atoms with E-state index in [1.165, 1.54) is 19.8 Å². The van der Waals surface area contributed by atoms with Gasteiger partial charge in [0.15, 0.2) is 0 Å². The molecule has 0 saturated carbocycles. The minimum absolute atomic E-state index is 0.0206. The molecule has 0 amide bonds. The molecule has 1 aromatic carbocycles. The average Bonchev–Trinajstić information content (AvgIpc) is 3.04. The van der Waals surface area contributed by atoms with Crippen molar-refractivity contribution in [1.82, 2.24) is 9.78 Å². The molecule has 1 unspecified atom stereocenters. The lowest BCUT2D eigenvalue weighted by Gasteiger charge is -2.13. The molecule has 0 aliphatic carbocycles. The molecule has 0 aliphatic heterocycles. The van der Waals surface area contributed by atoms with Crippen molar-refractivity contribution < 1.29 is 14.6 Å². The van der Waals surface area contributed by atoms with E-state index in [0.29, 0.717) is 17.1 Å². The van der Waals surface area contributed by atoms with Crippen molar-refractivity contribution in [2.24, 2.45) is 4.99 Å². The number of aromatic nitrogens is 2. The molecular weight excluding hydrogens is 378 g/mol. The second-order valence-electron chi connectivity index (χ2n) is 7.90. The molecule has 2 rings (SSSR count). The molecule has 6 heteroatoms. The summed E-state index contributed by atoms with van der Waals surface area (Å²) in [5.74, 6) is -0.201. The van der Waals surface area contributed by atoms with Crippen LogP contribution in [0.5, 0.6) is 5.75 Å². The lowest BCUT2D eigenvalue weighted by atomic mass is 10.1. The maximum absolute atomic E-state index is 11.1. The van der Waals surface area contributed by atoms with Gasteiger partial charge in [-0.15, -0.1) is 0 Å². The summed E-state index contributed by atoms with van der Waals surface area (Å²) < 4.78 is 7.04. The number of carbonyl (C=O) groups excluding carboxylic acids is 1. The first kappa shape index (κ1) is 23.4. The minimum Gasteiger partial charge on any atom is -0.508 e. The molecule has 0 radical (unpaired) electrons. The molecule has 6 nitrogen and oxygen atoms in total. The van der Waals surface area contributed by atoms with E-state index >= 15 is 0 Å². The second-order valence-corrected chi connectivity index (χ2v) is 7.90. The van der Waals surface area contributed by atoms with Gasteiger partial charge in [-0.1, -0.05) is 38.3 Å². The van der Waals surface area contributed by atoms with Gasteiger partial charge in [0.25, 0.3) is 0 Å². The van der Waals surface area contributed by atoms with E-state index in [1.807, 2.05) is 30.7 Å². The first-order valence-electron chi connectivity index (χ1n) is 10.5. The van der Waals surface area contributed by atoms with Gasteiger partial charge >= 0.3 is 5.97 Å². The first-order chi connectivity index (χ1) is 14.2. The summed E-state index contributed by atoms with van der Waals surface area (Å²) in [5.41, 5.74) is 3.73. The van der Waals surface area contributed by atoms with E-state index < -0.39 is 0 Å². The van der Waals surface area contributed by atoms with Crippen molar-refractivity contribution in [3.63, 3.8) is 0 Å². The second kappa shape index (κ2) is 10.8. The summed E-state index contributed by atoms with van der Waals surface area (Å²) in [4.78, 5) is 15.7. The lowest BCUT2D eigenvalue weighted by Crippen LogP contribution is -2.09. The highest BCUT2D eigenvalue weighted by Gasteiger charge is 2.18. The summed E-state index contributed by atoms with van der Waals surface area (Å²) in [5, 5.41) is 15.8. The standard InChI is InChI=1S/C24H33N3O3/c1-7-8-9-10-18(5)27-23-12-11-20(29)14-21(23)24(26-27)22(13-16(2)3)25-17(4)15-30-19(6)28/h11-14,18,29H,4,7-10,15H2,1-3,5-6H3. The SMILES string of the molecule is C=C(COC(C)=O)N=C(C=C(C)C)c1nn(C(C)CCCCC)c2ccc(O)cc12. The van der Waals surface area contributed by atoms with E-state index in [-0.39, 0.29) is 24.4 Å². The van der Waals surface area contributed by atoms with Crippen LogP contribution in [0.1, 0.15) is 72.0 Å². The van der Waals surface area contributed by atoms with Crippen LogP contribution >= 0.6 is 0 Å². The van der Waals surface area contributed by atoms with Crippen LogP contribution in [0.3, 0.4) is 0 Å². The van der Waals surface area contributed by atoms with Crippen molar-refractivity contribution in [1.29, 1.82) is 0 Å². The van der Waals surface area contributed by atoms with E-state index in [2.05, 4.69) is 25.4 Å². The van der Waals surface area contributed by atoms with Crippen LogP contribution in [0, 0.1) is 0 Å². The Labute approximate surface area is 179 Å². The molecule has 1 aromatic heterocycles. The fraction of sp³-hybridized carbons (Fsp3) is 0.458. The quantitative estimate of drug-likeness (QED) is 0.308. The molecule has 0 bridgehead atoms. The van der Waals surface area contributed by atoms with Crippen molar-refractivity contribution in [3.8, 4) is 5.75 Å². The number of fused-ring (bicyclic) bond motifs is 1. The molecule has 0 aliphatic rings. The number of benzene rings is 1. The number of ether oxygens (including phenoxy) is 1. The topological polar surface area (TPSA) is 76.7 Å². The van der Waals surface area contributed by atoms with Crippen LogP contribution < -0.4 is 0 Å². The molecule has 1 atom stereocenters. The molecular formula is C24H33N3O3. The van der Waals surface area contributed by atoms with Gasteiger partial charge in [-0.05, 0) is 51.5 Å². The van der Waals surface area contributed by atoms with Gasteiger partial charge in [0.05, 0.1) is 16.9 Å². The number of phenols is 1. The Hall–Kier alpha value is -2.89. The smallest absolute Gasteiger partial charge is 0.303 e. The van der Waals surface area contributed by atoms with Gasteiger partial charge in [0.2, 0.25) is 0 Å². The number of allylic oxidation sites excluding steroid dienone is 2. The Bertz CT molecular complexity index is 965. The van der Waals surface area contributed by atoms with Crippen LogP contribution in [0.15, 0.2) is 47.1 Å². The van der Waals surface area contributed by atoms with Crippen molar-refractivity contribution >= 4 is 22.6 Å². The summed E-state index contributed by atoms with van der Waals surface area (Å²) in [7, 11) is 0. The normalized spacial score (nSPS) is 12.6.